The van der Waals surface area contributed by atoms with Crippen LogP contribution in [-0.4, -0.2) is 46.7 Å². The van der Waals surface area contributed by atoms with Crippen LogP contribution in [0.25, 0.3) is 0 Å². The molecule has 2 N–H and O–H groups in total. The van der Waals surface area contributed by atoms with Crippen molar-refractivity contribution in [3.8, 4) is 0 Å². The molecule has 5 nitrogen and oxygen atoms in total. The fraction of sp³-hybridized carbons (Fsp3) is 0.440. The molecule has 0 saturated carbocycles. The van der Waals surface area contributed by atoms with Gasteiger partial charge in [-0.1, -0.05) is 67.1 Å². The van der Waals surface area contributed by atoms with Crippen molar-refractivity contribution in [3.05, 3.63) is 71.8 Å². The Morgan fingerprint density at radius 1 is 0.833 bits per heavy atom. The highest BCUT2D eigenvalue weighted by Gasteiger charge is 2.19. The molecule has 30 heavy (non-hydrogen) atoms. The van der Waals surface area contributed by atoms with Crippen molar-refractivity contribution in [2.24, 2.45) is 5.92 Å². The van der Waals surface area contributed by atoms with Gasteiger partial charge in [-0.25, -0.2) is 9.59 Å². The standard InChI is InChI=1S/C23H31N.C2H2O4/c1-4-11-21(12-5-1)13-8-3-9-17-24-18-10-16-23(20-24)19-22-14-6-2-7-15-22;3-1(4)2(5)6/h1-2,4-7,11-12,14-15,23H,3,8-10,13,16-20H2;(H,3,4)(H,5,6). The van der Waals surface area contributed by atoms with Gasteiger partial charge in [0.1, 0.15) is 0 Å². The van der Waals surface area contributed by atoms with Gasteiger partial charge in [-0.3, -0.25) is 0 Å². The van der Waals surface area contributed by atoms with E-state index in [1.807, 2.05) is 0 Å². The molecule has 0 spiro atoms. The number of carboxylic acids is 2. The zero-order valence-corrected chi connectivity index (χ0v) is 17.6. The molecule has 5 heteroatoms. The molecule has 0 amide bonds. The van der Waals surface area contributed by atoms with Crippen LogP contribution in [0.4, 0.5) is 0 Å². The lowest BCUT2D eigenvalue weighted by Gasteiger charge is -2.32. The van der Waals surface area contributed by atoms with Crippen LogP contribution in [0.5, 0.6) is 0 Å². The van der Waals surface area contributed by atoms with E-state index in [0.717, 1.165) is 5.92 Å². The van der Waals surface area contributed by atoms with Crippen molar-refractivity contribution in [1.29, 1.82) is 0 Å². The Kier molecular flexibility index (Phi) is 10.7. The Hall–Kier alpha value is -2.66. The second-order valence-corrected chi connectivity index (χ2v) is 7.91. The first-order valence-corrected chi connectivity index (χ1v) is 10.8. The maximum atomic E-state index is 9.10. The summed E-state index contributed by atoms with van der Waals surface area (Å²) in [5, 5.41) is 14.8. The fourth-order valence-electron chi connectivity index (χ4n) is 3.95. The van der Waals surface area contributed by atoms with Crippen molar-refractivity contribution in [2.45, 2.75) is 44.9 Å². The third-order valence-electron chi connectivity index (χ3n) is 5.44. The monoisotopic (exact) mass is 411 g/mol. The van der Waals surface area contributed by atoms with Gasteiger partial charge < -0.3 is 15.1 Å². The lowest BCUT2D eigenvalue weighted by molar-refractivity contribution is -0.159. The number of hydrogen-bond acceptors (Lipinski definition) is 3. The van der Waals surface area contributed by atoms with Crippen LogP contribution < -0.4 is 0 Å². The van der Waals surface area contributed by atoms with E-state index in [1.54, 1.807) is 0 Å². The van der Waals surface area contributed by atoms with Crippen molar-refractivity contribution < 1.29 is 19.8 Å². The highest BCUT2D eigenvalue weighted by molar-refractivity contribution is 6.27. The molecule has 1 heterocycles. The summed E-state index contributed by atoms with van der Waals surface area (Å²) in [6.07, 6.45) is 9.30. The molecule has 3 rings (SSSR count). The van der Waals surface area contributed by atoms with E-state index in [2.05, 4.69) is 65.6 Å². The zero-order valence-electron chi connectivity index (χ0n) is 17.6. The molecule has 1 unspecified atom stereocenters. The Morgan fingerprint density at radius 3 is 2.03 bits per heavy atom. The molecule has 1 aliphatic heterocycles. The Morgan fingerprint density at radius 2 is 1.43 bits per heavy atom. The minimum absolute atomic E-state index is 0.852. The molecule has 1 atom stereocenters. The average molecular weight is 412 g/mol. The molecule has 1 saturated heterocycles. The van der Waals surface area contributed by atoms with Crippen molar-refractivity contribution >= 4 is 11.9 Å². The van der Waals surface area contributed by atoms with E-state index in [1.165, 1.54) is 75.7 Å². The topological polar surface area (TPSA) is 77.8 Å². The molecule has 162 valence electrons. The third kappa shape index (κ3) is 9.70. The Bertz CT molecular complexity index is 736. The normalized spacial score (nSPS) is 16.3. The molecule has 0 bridgehead atoms. The van der Waals surface area contributed by atoms with Crippen LogP contribution in [0.15, 0.2) is 60.7 Å². The summed E-state index contributed by atoms with van der Waals surface area (Å²) in [7, 11) is 0. The fourth-order valence-corrected chi connectivity index (χ4v) is 3.95. The Balaban J connectivity index is 0.000000469. The molecule has 1 fully saturated rings. The maximum absolute atomic E-state index is 9.10. The van der Waals surface area contributed by atoms with Gasteiger partial charge in [-0.05, 0) is 68.7 Å². The van der Waals surface area contributed by atoms with Crippen LogP contribution in [0.3, 0.4) is 0 Å². The van der Waals surface area contributed by atoms with Crippen LogP contribution in [0, 0.1) is 5.92 Å². The van der Waals surface area contributed by atoms with Gasteiger partial charge >= 0.3 is 11.9 Å². The number of likely N-dealkylation sites (tertiary alicyclic amines) is 1. The van der Waals surface area contributed by atoms with Gasteiger partial charge in [0.05, 0.1) is 0 Å². The van der Waals surface area contributed by atoms with Crippen LogP contribution >= 0.6 is 0 Å². The lowest BCUT2D eigenvalue weighted by Crippen LogP contribution is -2.36. The van der Waals surface area contributed by atoms with Gasteiger partial charge in [-0.2, -0.15) is 0 Å². The number of carbonyl (C=O) groups is 2. The largest absolute Gasteiger partial charge is 0.473 e. The minimum Gasteiger partial charge on any atom is -0.473 e. The van der Waals surface area contributed by atoms with Crippen LogP contribution in [0.1, 0.15) is 43.2 Å². The Labute approximate surface area is 179 Å². The average Bonchev–Trinajstić information content (AvgIpc) is 2.76. The first kappa shape index (κ1) is 23.6. The molecular formula is C25H33NO4. The summed E-state index contributed by atoms with van der Waals surface area (Å²) < 4.78 is 0. The van der Waals surface area contributed by atoms with Crippen LogP contribution in [0.2, 0.25) is 0 Å². The first-order chi connectivity index (χ1) is 14.5. The summed E-state index contributed by atoms with van der Waals surface area (Å²) >= 11 is 0. The number of aryl methyl sites for hydroxylation is 1. The number of hydrogen-bond donors (Lipinski definition) is 2. The van der Waals surface area contributed by atoms with Crippen molar-refractivity contribution in [1.82, 2.24) is 4.90 Å². The van der Waals surface area contributed by atoms with E-state index in [0.29, 0.717) is 0 Å². The molecule has 2 aromatic carbocycles. The summed E-state index contributed by atoms with van der Waals surface area (Å²) in [5.41, 5.74) is 2.99. The number of carboxylic acid groups (broad SMARTS) is 2. The second kappa shape index (κ2) is 13.5. The van der Waals surface area contributed by atoms with E-state index in [9.17, 15) is 0 Å². The van der Waals surface area contributed by atoms with Gasteiger partial charge in [0.25, 0.3) is 0 Å². The van der Waals surface area contributed by atoms with E-state index >= 15 is 0 Å². The number of rotatable bonds is 8. The molecule has 1 aliphatic rings. The molecular weight excluding hydrogens is 378 g/mol. The van der Waals surface area contributed by atoms with Gasteiger partial charge in [0, 0.05) is 6.54 Å². The van der Waals surface area contributed by atoms with Gasteiger partial charge in [0.2, 0.25) is 0 Å². The highest BCUT2D eigenvalue weighted by Crippen LogP contribution is 2.21. The minimum atomic E-state index is -1.82. The third-order valence-corrected chi connectivity index (χ3v) is 5.44. The smallest absolute Gasteiger partial charge is 0.414 e. The highest BCUT2D eigenvalue weighted by atomic mass is 16.4. The SMILES string of the molecule is O=C(O)C(=O)O.c1ccc(CCCCCN2CCCC(Cc3ccccc3)C2)cc1. The number of nitrogens with zero attached hydrogens (tertiary/aromatic N) is 1. The molecule has 2 aromatic rings. The molecule has 0 aliphatic carbocycles. The second-order valence-electron chi connectivity index (χ2n) is 7.91. The predicted octanol–water partition coefficient (Wildman–Crippen LogP) is 4.51. The summed E-state index contributed by atoms with van der Waals surface area (Å²) in [5.74, 6) is -2.80. The van der Waals surface area contributed by atoms with Crippen molar-refractivity contribution in [2.75, 3.05) is 19.6 Å². The summed E-state index contributed by atoms with van der Waals surface area (Å²) in [4.78, 5) is 20.9. The van der Waals surface area contributed by atoms with Crippen molar-refractivity contribution in [3.63, 3.8) is 0 Å². The predicted molar refractivity (Wildman–Crippen MR) is 119 cm³/mol. The first-order valence-electron chi connectivity index (χ1n) is 10.8. The zero-order chi connectivity index (χ0) is 21.6. The van der Waals surface area contributed by atoms with E-state index < -0.39 is 11.9 Å². The molecule has 0 aromatic heterocycles. The maximum Gasteiger partial charge on any atom is 0.414 e. The number of benzene rings is 2. The van der Waals surface area contributed by atoms with Gasteiger partial charge in [-0.15, -0.1) is 0 Å². The number of unbranched alkanes of at least 4 members (excludes halogenated alkanes) is 2. The van der Waals surface area contributed by atoms with Crippen LogP contribution in [-0.2, 0) is 22.4 Å². The lowest BCUT2D eigenvalue weighted by atomic mass is 9.91. The van der Waals surface area contributed by atoms with E-state index in [-0.39, 0.29) is 0 Å². The summed E-state index contributed by atoms with van der Waals surface area (Å²) in [6, 6.07) is 21.9. The number of piperidine rings is 1. The number of aliphatic carboxylic acids is 2. The quantitative estimate of drug-likeness (QED) is 0.494. The van der Waals surface area contributed by atoms with Gasteiger partial charge in [0.15, 0.2) is 0 Å². The molecule has 0 radical (unpaired) electrons. The van der Waals surface area contributed by atoms with E-state index in [4.69, 9.17) is 19.8 Å². The summed E-state index contributed by atoms with van der Waals surface area (Å²) in [6.45, 7) is 3.90.